The van der Waals surface area contributed by atoms with Gasteiger partial charge in [-0.25, -0.2) is 0 Å². The molecular formula is C12H23NO3. The van der Waals surface area contributed by atoms with E-state index < -0.39 is 12.1 Å². The SMILES string of the molecule is NCCCCCC/C=C\CC(O)CC(=O)O. The van der Waals surface area contributed by atoms with Crippen LogP contribution in [0.2, 0.25) is 0 Å². The number of allylic oxidation sites excluding steroid dienone is 1. The molecule has 0 heterocycles. The van der Waals surface area contributed by atoms with Crippen LogP contribution in [0.5, 0.6) is 0 Å². The minimum atomic E-state index is -0.956. The molecule has 4 N–H and O–H groups in total. The fourth-order valence-electron chi connectivity index (χ4n) is 1.42. The molecule has 1 atom stereocenters. The Morgan fingerprint density at radius 1 is 1.19 bits per heavy atom. The average Bonchev–Trinajstić information content (AvgIpc) is 2.21. The number of aliphatic hydroxyl groups excluding tert-OH is 1. The molecular weight excluding hydrogens is 206 g/mol. The molecule has 4 nitrogen and oxygen atoms in total. The van der Waals surface area contributed by atoms with Gasteiger partial charge in [-0.3, -0.25) is 4.79 Å². The van der Waals surface area contributed by atoms with Gasteiger partial charge in [0.15, 0.2) is 0 Å². The Kier molecular flexibility index (Phi) is 10.1. The first-order valence-corrected chi connectivity index (χ1v) is 5.91. The highest BCUT2D eigenvalue weighted by molar-refractivity contribution is 5.67. The molecule has 94 valence electrons. The summed E-state index contributed by atoms with van der Waals surface area (Å²) in [6.07, 6.45) is 8.91. The minimum absolute atomic E-state index is 0.180. The average molecular weight is 229 g/mol. The van der Waals surface area contributed by atoms with Crippen LogP contribution in [0.25, 0.3) is 0 Å². The molecule has 16 heavy (non-hydrogen) atoms. The first kappa shape index (κ1) is 15.1. The van der Waals surface area contributed by atoms with Crippen LogP contribution in [0.3, 0.4) is 0 Å². The molecule has 0 rings (SSSR count). The molecule has 0 aromatic carbocycles. The largest absolute Gasteiger partial charge is 0.481 e. The van der Waals surface area contributed by atoms with Crippen LogP contribution < -0.4 is 5.73 Å². The predicted molar refractivity (Wildman–Crippen MR) is 64.2 cm³/mol. The van der Waals surface area contributed by atoms with Crippen molar-refractivity contribution in [2.45, 2.75) is 51.0 Å². The third kappa shape index (κ3) is 11.2. The Balaban J connectivity index is 3.30. The van der Waals surface area contributed by atoms with Gasteiger partial charge in [-0.2, -0.15) is 0 Å². The fraction of sp³-hybridized carbons (Fsp3) is 0.750. The molecule has 0 amide bonds. The van der Waals surface area contributed by atoms with E-state index >= 15 is 0 Å². The second kappa shape index (κ2) is 10.6. The van der Waals surface area contributed by atoms with Crippen molar-refractivity contribution in [2.75, 3.05) is 6.54 Å². The first-order valence-electron chi connectivity index (χ1n) is 5.91. The van der Waals surface area contributed by atoms with Gasteiger partial charge in [0.25, 0.3) is 0 Å². The van der Waals surface area contributed by atoms with E-state index in [0.29, 0.717) is 6.42 Å². The molecule has 0 saturated carbocycles. The molecule has 0 aliphatic heterocycles. The monoisotopic (exact) mass is 229 g/mol. The van der Waals surface area contributed by atoms with Crippen LogP contribution in [0.1, 0.15) is 44.9 Å². The highest BCUT2D eigenvalue weighted by Crippen LogP contribution is 2.04. The van der Waals surface area contributed by atoms with Gasteiger partial charge < -0.3 is 15.9 Å². The van der Waals surface area contributed by atoms with Gasteiger partial charge in [-0.15, -0.1) is 0 Å². The summed E-state index contributed by atoms with van der Waals surface area (Å²) in [5.41, 5.74) is 5.37. The summed E-state index contributed by atoms with van der Waals surface area (Å²) < 4.78 is 0. The Morgan fingerprint density at radius 2 is 1.88 bits per heavy atom. The lowest BCUT2D eigenvalue weighted by molar-refractivity contribution is -0.139. The van der Waals surface area contributed by atoms with E-state index in [9.17, 15) is 9.90 Å². The molecule has 1 unspecified atom stereocenters. The van der Waals surface area contributed by atoms with Gasteiger partial charge in [0, 0.05) is 0 Å². The summed E-state index contributed by atoms with van der Waals surface area (Å²) in [5, 5.41) is 17.7. The van der Waals surface area contributed by atoms with Crippen molar-refractivity contribution in [1.29, 1.82) is 0 Å². The van der Waals surface area contributed by atoms with Crippen LogP contribution in [-0.4, -0.2) is 28.8 Å². The number of carbonyl (C=O) groups is 1. The lowest BCUT2D eigenvalue weighted by Crippen LogP contribution is -2.11. The molecule has 0 aromatic rings. The van der Waals surface area contributed by atoms with Crippen molar-refractivity contribution in [3.05, 3.63) is 12.2 Å². The van der Waals surface area contributed by atoms with Crippen molar-refractivity contribution >= 4 is 5.97 Å². The van der Waals surface area contributed by atoms with E-state index in [-0.39, 0.29) is 6.42 Å². The number of hydrogen-bond donors (Lipinski definition) is 3. The summed E-state index contributed by atoms with van der Waals surface area (Å²) in [7, 11) is 0. The first-order chi connectivity index (χ1) is 7.66. The van der Waals surface area contributed by atoms with Crippen molar-refractivity contribution in [3.63, 3.8) is 0 Å². The van der Waals surface area contributed by atoms with E-state index in [2.05, 4.69) is 0 Å². The Labute approximate surface area is 97.2 Å². The molecule has 0 saturated heterocycles. The van der Waals surface area contributed by atoms with Crippen LogP contribution in [0.4, 0.5) is 0 Å². The quantitative estimate of drug-likeness (QED) is 0.393. The Morgan fingerprint density at radius 3 is 2.50 bits per heavy atom. The highest BCUT2D eigenvalue weighted by atomic mass is 16.4. The predicted octanol–water partition coefficient (Wildman–Crippen LogP) is 1.68. The Hall–Kier alpha value is -0.870. The number of aliphatic hydroxyl groups is 1. The summed E-state index contributed by atoms with van der Waals surface area (Å²) in [6, 6.07) is 0. The second-order valence-electron chi connectivity index (χ2n) is 3.95. The summed E-state index contributed by atoms with van der Waals surface area (Å²) >= 11 is 0. The van der Waals surface area contributed by atoms with Crippen LogP contribution in [-0.2, 0) is 4.79 Å². The number of carboxylic acids is 1. The molecule has 0 radical (unpaired) electrons. The lowest BCUT2D eigenvalue weighted by Gasteiger charge is -2.02. The number of aliphatic carboxylic acids is 1. The van der Waals surface area contributed by atoms with Crippen LogP contribution in [0, 0.1) is 0 Å². The van der Waals surface area contributed by atoms with Crippen molar-refractivity contribution in [1.82, 2.24) is 0 Å². The molecule has 0 spiro atoms. The maximum absolute atomic E-state index is 10.3. The van der Waals surface area contributed by atoms with E-state index in [1.165, 1.54) is 12.8 Å². The van der Waals surface area contributed by atoms with Gasteiger partial charge in [0.1, 0.15) is 0 Å². The molecule has 0 fully saturated rings. The molecule has 4 heteroatoms. The van der Waals surface area contributed by atoms with Crippen molar-refractivity contribution in [2.24, 2.45) is 5.73 Å². The summed E-state index contributed by atoms with van der Waals surface area (Å²) in [4.78, 5) is 10.3. The fourth-order valence-corrected chi connectivity index (χ4v) is 1.42. The zero-order valence-electron chi connectivity index (χ0n) is 9.77. The zero-order chi connectivity index (χ0) is 12.2. The smallest absolute Gasteiger partial charge is 0.305 e. The number of carboxylic acid groups (broad SMARTS) is 1. The minimum Gasteiger partial charge on any atom is -0.481 e. The number of nitrogens with two attached hydrogens (primary N) is 1. The van der Waals surface area contributed by atoms with Gasteiger partial charge in [-0.05, 0) is 32.2 Å². The molecule has 0 aromatic heterocycles. The van der Waals surface area contributed by atoms with Gasteiger partial charge in [0.05, 0.1) is 12.5 Å². The molecule has 0 aliphatic carbocycles. The van der Waals surface area contributed by atoms with E-state index in [1.54, 1.807) is 0 Å². The topological polar surface area (TPSA) is 83.5 Å². The highest BCUT2D eigenvalue weighted by Gasteiger charge is 2.06. The second-order valence-corrected chi connectivity index (χ2v) is 3.95. The third-order valence-electron chi connectivity index (χ3n) is 2.31. The number of rotatable bonds is 10. The number of unbranched alkanes of at least 4 members (excludes halogenated alkanes) is 4. The van der Waals surface area contributed by atoms with Gasteiger partial charge >= 0.3 is 5.97 Å². The van der Waals surface area contributed by atoms with Crippen molar-refractivity contribution < 1.29 is 15.0 Å². The third-order valence-corrected chi connectivity index (χ3v) is 2.31. The van der Waals surface area contributed by atoms with Crippen LogP contribution >= 0.6 is 0 Å². The molecule has 0 aliphatic rings. The normalized spacial score (nSPS) is 13.1. The standard InChI is InChI=1S/C12H23NO3/c13-9-7-5-3-1-2-4-6-8-11(14)10-12(15)16/h4,6,11,14H,1-3,5,7-10,13H2,(H,15,16)/b6-4-. The van der Waals surface area contributed by atoms with E-state index in [1.807, 2.05) is 12.2 Å². The summed E-state index contributed by atoms with van der Waals surface area (Å²) in [5.74, 6) is -0.956. The summed E-state index contributed by atoms with van der Waals surface area (Å²) in [6.45, 7) is 0.761. The maximum atomic E-state index is 10.3. The number of hydrogen-bond acceptors (Lipinski definition) is 3. The Bertz CT molecular complexity index is 204. The van der Waals surface area contributed by atoms with E-state index in [4.69, 9.17) is 10.8 Å². The maximum Gasteiger partial charge on any atom is 0.305 e. The molecule has 0 bridgehead atoms. The zero-order valence-corrected chi connectivity index (χ0v) is 9.77. The van der Waals surface area contributed by atoms with Crippen LogP contribution in [0.15, 0.2) is 12.2 Å². The van der Waals surface area contributed by atoms with Gasteiger partial charge in [0.2, 0.25) is 0 Å². The van der Waals surface area contributed by atoms with Gasteiger partial charge in [-0.1, -0.05) is 25.0 Å². The van der Waals surface area contributed by atoms with Crippen molar-refractivity contribution in [3.8, 4) is 0 Å². The lowest BCUT2D eigenvalue weighted by atomic mass is 10.1. The van der Waals surface area contributed by atoms with E-state index in [0.717, 1.165) is 25.8 Å².